The van der Waals surface area contributed by atoms with Crippen LogP contribution in [0, 0.1) is 5.92 Å². The minimum atomic E-state index is -0.277. The summed E-state index contributed by atoms with van der Waals surface area (Å²) in [5.74, 6) is 0.377. The molecule has 18 heavy (non-hydrogen) atoms. The minimum Gasteiger partial charge on any atom is -0.304 e. The van der Waals surface area contributed by atoms with E-state index in [1.165, 1.54) is 32.0 Å². The van der Waals surface area contributed by atoms with E-state index in [-0.39, 0.29) is 16.7 Å². The molecule has 1 aliphatic carbocycles. The number of hydrogen-bond acceptors (Lipinski definition) is 4. The van der Waals surface area contributed by atoms with Crippen LogP contribution in [0.25, 0.3) is 0 Å². The summed E-state index contributed by atoms with van der Waals surface area (Å²) in [6, 6.07) is 0. The number of amidine groups is 1. The van der Waals surface area contributed by atoms with Crippen LogP contribution >= 0.6 is 11.8 Å². The van der Waals surface area contributed by atoms with Gasteiger partial charge in [0.05, 0.1) is 0 Å². The lowest BCUT2D eigenvalue weighted by Crippen LogP contribution is -2.45. The summed E-state index contributed by atoms with van der Waals surface area (Å²) in [5, 5.41) is 9.08. The molecule has 0 bridgehead atoms. The largest absolute Gasteiger partial charge is 0.304 e. The molecule has 1 spiro atoms. The maximum atomic E-state index is 11.8. The molecule has 2 rings (SSSR count). The fourth-order valence-electron chi connectivity index (χ4n) is 2.74. The molecule has 6 heteroatoms. The van der Waals surface area contributed by atoms with Crippen molar-refractivity contribution in [2.24, 2.45) is 11.0 Å². The number of amides is 2. The quantitative estimate of drug-likeness (QED) is 0.730. The lowest BCUT2D eigenvalue weighted by Gasteiger charge is -2.40. The lowest BCUT2D eigenvalue weighted by atomic mass is 9.86. The normalized spacial score (nSPS) is 31.4. The molecule has 1 N–H and O–H groups in total. The van der Waals surface area contributed by atoms with Gasteiger partial charge in [0.1, 0.15) is 4.87 Å². The zero-order valence-electron chi connectivity index (χ0n) is 11.0. The Kier molecular flexibility index (Phi) is 3.66. The molecule has 1 aliphatic heterocycles. The van der Waals surface area contributed by atoms with Crippen molar-refractivity contribution in [2.45, 2.75) is 51.3 Å². The monoisotopic (exact) mass is 269 g/mol. The SMILES string of the molecule is CC(=O)NC1=NN(C(C)=O)C2(CCCC(C)C2)S1. The molecule has 0 saturated heterocycles. The standard InChI is InChI=1S/C12H19N3O2S/c1-8-5-4-6-12(7-8)15(10(3)17)14-11(18-12)13-9(2)16/h8H,4-7H2,1-3H3,(H,13,14,16). The van der Waals surface area contributed by atoms with Gasteiger partial charge in [0, 0.05) is 13.8 Å². The number of nitrogens with one attached hydrogen (secondary N) is 1. The van der Waals surface area contributed by atoms with Crippen LogP contribution in [-0.2, 0) is 9.59 Å². The highest BCUT2D eigenvalue weighted by atomic mass is 32.2. The number of carbonyl (C=O) groups is 2. The van der Waals surface area contributed by atoms with Crippen molar-refractivity contribution in [3.05, 3.63) is 0 Å². The summed E-state index contributed by atoms with van der Waals surface area (Å²) in [6.45, 7) is 5.19. The second-order valence-corrected chi connectivity index (χ2v) is 6.52. The van der Waals surface area contributed by atoms with Crippen molar-refractivity contribution in [1.29, 1.82) is 0 Å². The molecular weight excluding hydrogens is 250 g/mol. The molecule has 2 aliphatic rings. The smallest absolute Gasteiger partial charge is 0.240 e. The molecule has 0 aromatic rings. The zero-order chi connectivity index (χ0) is 13.3. The highest BCUT2D eigenvalue weighted by Gasteiger charge is 2.48. The van der Waals surface area contributed by atoms with Gasteiger partial charge in [-0.1, -0.05) is 25.1 Å². The van der Waals surface area contributed by atoms with E-state index in [0.29, 0.717) is 11.1 Å². The molecule has 2 atom stereocenters. The average molecular weight is 269 g/mol. The molecule has 0 aromatic carbocycles. The number of hydrogen-bond donors (Lipinski definition) is 1. The van der Waals surface area contributed by atoms with Crippen molar-refractivity contribution < 1.29 is 9.59 Å². The van der Waals surface area contributed by atoms with Gasteiger partial charge in [0.15, 0.2) is 5.17 Å². The summed E-state index contributed by atoms with van der Waals surface area (Å²) >= 11 is 1.53. The van der Waals surface area contributed by atoms with E-state index in [1.54, 1.807) is 5.01 Å². The van der Waals surface area contributed by atoms with Crippen LogP contribution in [0.2, 0.25) is 0 Å². The molecule has 2 amide bonds. The molecule has 2 unspecified atom stereocenters. The average Bonchev–Trinajstić information content (AvgIpc) is 2.55. The number of carbonyl (C=O) groups excluding carboxylic acids is 2. The van der Waals surface area contributed by atoms with E-state index in [9.17, 15) is 9.59 Å². The lowest BCUT2D eigenvalue weighted by molar-refractivity contribution is -0.133. The van der Waals surface area contributed by atoms with Gasteiger partial charge in [0.25, 0.3) is 0 Å². The highest BCUT2D eigenvalue weighted by molar-refractivity contribution is 8.15. The van der Waals surface area contributed by atoms with Crippen LogP contribution in [0.3, 0.4) is 0 Å². The Morgan fingerprint density at radius 3 is 2.78 bits per heavy atom. The number of rotatable bonds is 0. The molecule has 1 heterocycles. The second kappa shape index (κ2) is 4.91. The Labute approximate surface area is 111 Å². The summed E-state index contributed by atoms with van der Waals surface area (Å²) < 4.78 is 0. The van der Waals surface area contributed by atoms with E-state index < -0.39 is 0 Å². The van der Waals surface area contributed by atoms with E-state index in [1.807, 2.05) is 0 Å². The van der Waals surface area contributed by atoms with Crippen LogP contribution in [0.5, 0.6) is 0 Å². The van der Waals surface area contributed by atoms with E-state index in [4.69, 9.17) is 0 Å². The zero-order valence-corrected chi connectivity index (χ0v) is 11.8. The Morgan fingerprint density at radius 2 is 2.22 bits per heavy atom. The minimum absolute atomic E-state index is 0.0584. The van der Waals surface area contributed by atoms with Crippen molar-refractivity contribution in [1.82, 2.24) is 10.3 Å². The van der Waals surface area contributed by atoms with Crippen molar-refractivity contribution >= 4 is 28.7 Å². The molecule has 100 valence electrons. The van der Waals surface area contributed by atoms with Gasteiger partial charge >= 0.3 is 0 Å². The molecule has 5 nitrogen and oxygen atoms in total. The Bertz CT molecular complexity index is 410. The summed E-state index contributed by atoms with van der Waals surface area (Å²) in [6.07, 6.45) is 4.17. The molecule has 0 radical (unpaired) electrons. The van der Waals surface area contributed by atoms with Crippen LogP contribution in [-0.4, -0.2) is 26.9 Å². The Morgan fingerprint density at radius 1 is 1.50 bits per heavy atom. The first-order chi connectivity index (χ1) is 8.43. The number of nitrogens with zero attached hydrogens (tertiary/aromatic N) is 2. The van der Waals surface area contributed by atoms with Gasteiger partial charge in [-0.2, -0.15) is 0 Å². The molecule has 1 fully saturated rings. The summed E-state index contributed by atoms with van der Waals surface area (Å²) in [7, 11) is 0. The summed E-state index contributed by atoms with van der Waals surface area (Å²) in [4.78, 5) is 22.6. The topological polar surface area (TPSA) is 61.8 Å². The third kappa shape index (κ3) is 2.53. The molecule has 1 saturated carbocycles. The van der Waals surface area contributed by atoms with Crippen LogP contribution < -0.4 is 5.32 Å². The van der Waals surface area contributed by atoms with Gasteiger partial charge < -0.3 is 5.32 Å². The predicted molar refractivity (Wildman–Crippen MR) is 71.7 cm³/mol. The van der Waals surface area contributed by atoms with Crippen molar-refractivity contribution in [3.8, 4) is 0 Å². The van der Waals surface area contributed by atoms with E-state index in [2.05, 4.69) is 17.3 Å². The molecular formula is C12H19N3O2S. The predicted octanol–water partition coefficient (Wildman–Crippen LogP) is 1.90. The Hall–Kier alpha value is -1.04. The maximum absolute atomic E-state index is 11.8. The highest BCUT2D eigenvalue weighted by Crippen LogP contribution is 2.48. The fraction of sp³-hybridized carbons (Fsp3) is 0.750. The fourth-order valence-corrected chi connectivity index (χ4v) is 4.29. The van der Waals surface area contributed by atoms with E-state index >= 15 is 0 Å². The molecule has 0 aromatic heterocycles. The summed E-state index contributed by atoms with van der Waals surface area (Å²) in [5.41, 5.74) is 0. The Balaban J connectivity index is 2.21. The first-order valence-electron chi connectivity index (χ1n) is 6.29. The number of thioether (sulfide) groups is 1. The van der Waals surface area contributed by atoms with Crippen molar-refractivity contribution in [3.63, 3.8) is 0 Å². The number of hydrazone groups is 1. The first kappa shape index (κ1) is 13.4. The van der Waals surface area contributed by atoms with E-state index in [0.717, 1.165) is 19.3 Å². The first-order valence-corrected chi connectivity index (χ1v) is 7.10. The van der Waals surface area contributed by atoms with Crippen LogP contribution in [0.15, 0.2) is 5.10 Å². The third-order valence-corrected chi connectivity index (χ3v) is 4.68. The third-order valence-electron chi connectivity index (χ3n) is 3.38. The van der Waals surface area contributed by atoms with Crippen LogP contribution in [0.1, 0.15) is 46.5 Å². The van der Waals surface area contributed by atoms with Crippen LogP contribution in [0.4, 0.5) is 0 Å². The second-order valence-electron chi connectivity index (χ2n) is 5.17. The van der Waals surface area contributed by atoms with Gasteiger partial charge in [-0.3, -0.25) is 9.59 Å². The van der Waals surface area contributed by atoms with Gasteiger partial charge in [-0.05, 0) is 25.2 Å². The van der Waals surface area contributed by atoms with Gasteiger partial charge in [0.2, 0.25) is 11.8 Å². The van der Waals surface area contributed by atoms with Gasteiger partial charge in [-0.25, -0.2) is 5.01 Å². The maximum Gasteiger partial charge on any atom is 0.240 e. The van der Waals surface area contributed by atoms with Crippen molar-refractivity contribution in [2.75, 3.05) is 0 Å². The van der Waals surface area contributed by atoms with Gasteiger partial charge in [-0.15, -0.1) is 5.10 Å².